The highest BCUT2D eigenvalue weighted by Gasteiger charge is 2.12. The van der Waals surface area contributed by atoms with Crippen LogP contribution in [0.4, 0.5) is 10.4 Å². The molecule has 108 valence electrons. The zero-order valence-electron chi connectivity index (χ0n) is 11.2. The van der Waals surface area contributed by atoms with Crippen molar-refractivity contribution in [3.8, 4) is 11.8 Å². The van der Waals surface area contributed by atoms with E-state index in [2.05, 4.69) is 27.4 Å². The lowest BCUT2D eigenvalue weighted by Gasteiger charge is -2.02. The summed E-state index contributed by atoms with van der Waals surface area (Å²) in [5, 5.41) is 18.1. The Morgan fingerprint density at radius 3 is 2.90 bits per heavy atom. The number of nitrogens with one attached hydrogen (secondary N) is 1. The summed E-state index contributed by atoms with van der Waals surface area (Å²) in [6.07, 6.45) is 0.262. The van der Waals surface area contributed by atoms with Crippen molar-refractivity contribution in [2.75, 3.05) is 11.9 Å². The van der Waals surface area contributed by atoms with Gasteiger partial charge in [-0.2, -0.15) is 0 Å². The molecule has 0 saturated carbocycles. The van der Waals surface area contributed by atoms with Crippen molar-refractivity contribution in [3.63, 3.8) is 0 Å². The number of amides is 1. The molecule has 0 aliphatic heterocycles. The third-order valence-electron chi connectivity index (χ3n) is 2.44. The van der Waals surface area contributed by atoms with Crippen LogP contribution in [0.15, 0.2) is 22.6 Å². The van der Waals surface area contributed by atoms with Gasteiger partial charge in [-0.25, -0.2) is 4.39 Å². The molecule has 1 heterocycles. The Bertz CT molecular complexity index is 716. The van der Waals surface area contributed by atoms with E-state index in [9.17, 15) is 9.18 Å². The van der Waals surface area contributed by atoms with Crippen LogP contribution >= 0.6 is 0 Å². The lowest BCUT2D eigenvalue weighted by atomic mass is 10.1. The number of aliphatic hydroxyl groups excluding tert-OH is 1. The van der Waals surface area contributed by atoms with Gasteiger partial charge in [0, 0.05) is 18.9 Å². The third-order valence-corrected chi connectivity index (χ3v) is 2.44. The smallest absolute Gasteiger partial charge is 0.322 e. The number of nitrogens with zero attached hydrogens (tertiary/aromatic N) is 2. The number of anilines is 1. The number of aliphatic hydroxyl groups is 1. The monoisotopic (exact) mass is 289 g/mol. The summed E-state index contributed by atoms with van der Waals surface area (Å²) in [7, 11) is 0. The molecule has 1 aromatic carbocycles. The van der Waals surface area contributed by atoms with E-state index in [0.29, 0.717) is 5.89 Å². The number of carbonyl (C=O) groups is 1. The number of aromatic nitrogens is 2. The molecule has 2 rings (SSSR count). The minimum Gasteiger partial charge on any atom is -0.408 e. The van der Waals surface area contributed by atoms with Crippen molar-refractivity contribution in [3.05, 3.63) is 41.0 Å². The van der Waals surface area contributed by atoms with E-state index in [1.54, 1.807) is 6.92 Å². The van der Waals surface area contributed by atoms with E-state index in [0.717, 1.165) is 6.07 Å². The van der Waals surface area contributed by atoms with E-state index < -0.39 is 11.7 Å². The maximum atomic E-state index is 13.8. The Hall–Kier alpha value is -2.72. The second-order valence-corrected chi connectivity index (χ2v) is 4.05. The minimum absolute atomic E-state index is 0.0512. The van der Waals surface area contributed by atoms with Crippen molar-refractivity contribution in [2.45, 2.75) is 13.3 Å². The number of halogens is 1. The molecule has 1 aromatic heterocycles. The predicted molar refractivity (Wildman–Crippen MR) is 72.0 cm³/mol. The summed E-state index contributed by atoms with van der Waals surface area (Å²) < 4.78 is 18.8. The summed E-state index contributed by atoms with van der Waals surface area (Å²) in [5.41, 5.74) is 0.268. The summed E-state index contributed by atoms with van der Waals surface area (Å²) >= 11 is 0. The van der Waals surface area contributed by atoms with Gasteiger partial charge in [-0.05, 0) is 18.2 Å². The molecule has 0 spiro atoms. The van der Waals surface area contributed by atoms with Crippen LogP contribution in [0.5, 0.6) is 0 Å². The molecule has 7 heteroatoms. The van der Waals surface area contributed by atoms with Crippen LogP contribution in [0.25, 0.3) is 0 Å². The average molecular weight is 289 g/mol. The van der Waals surface area contributed by atoms with Crippen molar-refractivity contribution in [1.29, 1.82) is 0 Å². The van der Waals surface area contributed by atoms with Crippen molar-refractivity contribution in [1.82, 2.24) is 10.2 Å². The number of carbonyl (C=O) groups excluding carboxylic acids is 1. The van der Waals surface area contributed by atoms with Crippen LogP contribution in [-0.4, -0.2) is 27.8 Å². The van der Waals surface area contributed by atoms with Crippen molar-refractivity contribution < 1.29 is 18.7 Å². The van der Waals surface area contributed by atoms with Gasteiger partial charge in [0.05, 0.1) is 12.2 Å². The molecule has 0 aliphatic carbocycles. The van der Waals surface area contributed by atoms with E-state index in [1.165, 1.54) is 12.1 Å². The van der Waals surface area contributed by atoms with Crippen LogP contribution in [0, 0.1) is 24.6 Å². The standard InChI is InChI=1S/C14H12FN3O3/c1-9-17-18-14(21-9)16-13(20)11-6-5-10(12(15)8-11)4-2-3-7-19/h5-6,8,19H,3,7H2,1H3,(H,16,18,20). The molecule has 1 amide bonds. The summed E-state index contributed by atoms with van der Waals surface area (Å²) in [6.45, 7) is 1.50. The highest BCUT2D eigenvalue weighted by molar-refractivity contribution is 6.03. The molecule has 2 aromatic rings. The van der Waals surface area contributed by atoms with Gasteiger partial charge in [0.15, 0.2) is 0 Å². The van der Waals surface area contributed by atoms with Crippen molar-refractivity contribution in [2.24, 2.45) is 0 Å². The highest BCUT2D eigenvalue weighted by atomic mass is 19.1. The first-order chi connectivity index (χ1) is 10.1. The molecule has 0 saturated heterocycles. The highest BCUT2D eigenvalue weighted by Crippen LogP contribution is 2.12. The van der Waals surface area contributed by atoms with Gasteiger partial charge in [0.2, 0.25) is 5.89 Å². The number of benzene rings is 1. The lowest BCUT2D eigenvalue weighted by molar-refractivity contribution is 0.102. The van der Waals surface area contributed by atoms with Gasteiger partial charge in [0.1, 0.15) is 5.82 Å². The van der Waals surface area contributed by atoms with Gasteiger partial charge < -0.3 is 9.52 Å². The Morgan fingerprint density at radius 2 is 2.29 bits per heavy atom. The molecule has 2 N–H and O–H groups in total. The normalized spacial score (nSPS) is 9.86. The van der Waals surface area contributed by atoms with E-state index in [4.69, 9.17) is 9.52 Å². The minimum atomic E-state index is -0.616. The van der Waals surface area contributed by atoms with E-state index in [-0.39, 0.29) is 30.2 Å². The van der Waals surface area contributed by atoms with Crippen molar-refractivity contribution >= 4 is 11.9 Å². The number of rotatable bonds is 3. The first-order valence-electron chi connectivity index (χ1n) is 6.11. The van der Waals surface area contributed by atoms with E-state index >= 15 is 0 Å². The SMILES string of the molecule is Cc1nnc(NC(=O)c2ccc(C#CCCO)c(F)c2)o1. The molecule has 6 nitrogen and oxygen atoms in total. The molecule has 0 unspecified atom stereocenters. The molecule has 0 radical (unpaired) electrons. The molecular weight excluding hydrogens is 277 g/mol. The maximum absolute atomic E-state index is 13.8. The van der Waals surface area contributed by atoms with Crippen LogP contribution in [0.2, 0.25) is 0 Å². The molecular formula is C14H12FN3O3. The molecule has 21 heavy (non-hydrogen) atoms. The fraction of sp³-hybridized carbons (Fsp3) is 0.214. The molecule has 0 fully saturated rings. The summed E-state index contributed by atoms with van der Waals surface area (Å²) in [5.74, 6) is 4.32. The summed E-state index contributed by atoms with van der Waals surface area (Å²) in [4.78, 5) is 11.9. The average Bonchev–Trinajstić information content (AvgIpc) is 2.86. The Labute approximate surface area is 120 Å². The summed E-state index contributed by atoms with van der Waals surface area (Å²) in [6, 6.07) is 3.85. The lowest BCUT2D eigenvalue weighted by Crippen LogP contribution is -2.12. The zero-order valence-corrected chi connectivity index (χ0v) is 11.2. The topological polar surface area (TPSA) is 88.2 Å². The van der Waals surface area contributed by atoms with Crippen LogP contribution in [-0.2, 0) is 0 Å². The van der Waals surface area contributed by atoms with Gasteiger partial charge in [-0.15, -0.1) is 5.10 Å². The van der Waals surface area contributed by atoms with Crippen LogP contribution < -0.4 is 5.32 Å². The molecule has 0 atom stereocenters. The first kappa shape index (κ1) is 14.7. The fourth-order valence-corrected chi connectivity index (χ4v) is 1.49. The Kier molecular flexibility index (Phi) is 4.64. The van der Waals surface area contributed by atoms with Gasteiger partial charge in [0.25, 0.3) is 5.91 Å². The van der Waals surface area contributed by atoms with Crippen LogP contribution in [0.1, 0.15) is 28.2 Å². The zero-order chi connectivity index (χ0) is 15.2. The Morgan fingerprint density at radius 1 is 1.48 bits per heavy atom. The Balaban J connectivity index is 2.12. The molecule has 0 bridgehead atoms. The number of hydrogen-bond donors (Lipinski definition) is 2. The molecule has 0 aliphatic rings. The number of aryl methyl sites for hydroxylation is 1. The van der Waals surface area contributed by atoms with Crippen LogP contribution in [0.3, 0.4) is 0 Å². The third kappa shape index (κ3) is 3.87. The van der Waals surface area contributed by atoms with E-state index in [1.807, 2.05) is 0 Å². The quantitative estimate of drug-likeness (QED) is 0.836. The van der Waals surface area contributed by atoms with Gasteiger partial charge >= 0.3 is 6.01 Å². The van der Waals surface area contributed by atoms with Gasteiger partial charge in [-0.1, -0.05) is 16.9 Å². The maximum Gasteiger partial charge on any atom is 0.322 e. The second-order valence-electron chi connectivity index (χ2n) is 4.05. The predicted octanol–water partition coefficient (Wildman–Crippen LogP) is 1.50. The number of hydrogen-bond acceptors (Lipinski definition) is 5. The first-order valence-corrected chi connectivity index (χ1v) is 6.11. The fourth-order valence-electron chi connectivity index (χ4n) is 1.49. The van der Waals surface area contributed by atoms with Gasteiger partial charge in [-0.3, -0.25) is 10.1 Å². The largest absolute Gasteiger partial charge is 0.408 e. The second kappa shape index (κ2) is 6.63.